The zero-order valence-electron chi connectivity index (χ0n) is 12.2. The zero-order chi connectivity index (χ0) is 12.7. The fraction of sp³-hybridized carbons (Fsp3) is 1.00. The summed E-state index contributed by atoms with van der Waals surface area (Å²) in [6, 6.07) is 0. The van der Waals surface area contributed by atoms with E-state index in [1.807, 2.05) is 0 Å². The molecule has 0 aliphatic rings. The second kappa shape index (κ2) is 7.32. The Balaban J connectivity index is 3.58. The second-order valence-corrected chi connectivity index (χ2v) is 6.85. The second-order valence-electron chi connectivity index (χ2n) is 6.85. The standard InChI is InChI=1S/C15H33N/c1-6-7-8-9-10-11-12-14(2,3)13-15(4,5)16/h6-13,16H2,1-5H3. The monoisotopic (exact) mass is 227 g/mol. The lowest BCUT2D eigenvalue weighted by atomic mass is 9.77. The van der Waals surface area contributed by atoms with E-state index >= 15 is 0 Å². The van der Waals surface area contributed by atoms with E-state index < -0.39 is 0 Å². The number of unbranched alkanes of at least 4 members (excludes halogenated alkanes) is 5. The van der Waals surface area contributed by atoms with Gasteiger partial charge in [0.2, 0.25) is 0 Å². The van der Waals surface area contributed by atoms with Gasteiger partial charge in [-0.25, -0.2) is 0 Å². The van der Waals surface area contributed by atoms with Crippen LogP contribution in [-0.4, -0.2) is 5.54 Å². The summed E-state index contributed by atoms with van der Waals surface area (Å²) in [5.74, 6) is 0. The predicted octanol–water partition coefficient (Wildman–Crippen LogP) is 4.89. The highest BCUT2D eigenvalue weighted by Crippen LogP contribution is 2.32. The van der Waals surface area contributed by atoms with E-state index in [0.717, 1.165) is 6.42 Å². The van der Waals surface area contributed by atoms with E-state index in [0.29, 0.717) is 5.41 Å². The molecule has 1 heteroatoms. The van der Waals surface area contributed by atoms with E-state index in [9.17, 15) is 0 Å². The first kappa shape index (κ1) is 16.0. The normalized spacial score (nSPS) is 13.1. The summed E-state index contributed by atoms with van der Waals surface area (Å²) in [5, 5.41) is 0. The SMILES string of the molecule is CCCCCCCCC(C)(C)CC(C)(C)N. The van der Waals surface area contributed by atoms with Crippen molar-refractivity contribution in [1.82, 2.24) is 0 Å². The van der Waals surface area contributed by atoms with Crippen LogP contribution in [0.25, 0.3) is 0 Å². The van der Waals surface area contributed by atoms with Crippen molar-refractivity contribution in [3.63, 3.8) is 0 Å². The molecule has 0 bridgehead atoms. The van der Waals surface area contributed by atoms with E-state index in [4.69, 9.17) is 5.73 Å². The topological polar surface area (TPSA) is 26.0 Å². The molecule has 0 heterocycles. The van der Waals surface area contributed by atoms with Crippen LogP contribution in [-0.2, 0) is 0 Å². The van der Waals surface area contributed by atoms with Gasteiger partial charge in [0.15, 0.2) is 0 Å². The van der Waals surface area contributed by atoms with Gasteiger partial charge in [-0.2, -0.15) is 0 Å². The van der Waals surface area contributed by atoms with Crippen LogP contribution in [0.15, 0.2) is 0 Å². The maximum atomic E-state index is 6.09. The third-order valence-electron chi connectivity index (χ3n) is 3.14. The van der Waals surface area contributed by atoms with Crippen molar-refractivity contribution in [3.05, 3.63) is 0 Å². The third-order valence-corrected chi connectivity index (χ3v) is 3.14. The van der Waals surface area contributed by atoms with Gasteiger partial charge in [0.05, 0.1) is 0 Å². The van der Waals surface area contributed by atoms with E-state index in [2.05, 4.69) is 34.6 Å². The molecule has 0 rings (SSSR count). The molecule has 0 aromatic carbocycles. The lowest BCUT2D eigenvalue weighted by molar-refractivity contribution is 0.234. The maximum absolute atomic E-state index is 6.09. The van der Waals surface area contributed by atoms with Crippen LogP contribution in [0.1, 0.15) is 86.0 Å². The largest absolute Gasteiger partial charge is 0.326 e. The molecule has 0 amide bonds. The molecule has 98 valence electrons. The minimum Gasteiger partial charge on any atom is -0.326 e. The van der Waals surface area contributed by atoms with Crippen molar-refractivity contribution < 1.29 is 0 Å². The minimum atomic E-state index is -0.0221. The number of rotatable bonds is 9. The van der Waals surface area contributed by atoms with Crippen molar-refractivity contribution in [2.24, 2.45) is 11.1 Å². The minimum absolute atomic E-state index is 0.0221. The molecule has 0 radical (unpaired) electrons. The maximum Gasteiger partial charge on any atom is 0.0102 e. The Hall–Kier alpha value is -0.0400. The lowest BCUT2D eigenvalue weighted by Crippen LogP contribution is -2.37. The Morgan fingerprint density at radius 2 is 1.31 bits per heavy atom. The van der Waals surface area contributed by atoms with Gasteiger partial charge >= 0.3 is 0 Å². The first-order valence-corrected chi connectivity index (χ1v) is 7.06. The number of hydrogen-bond acceptors (Lipinski definition) is 1. The number of nitrogens with two attached hydrogens (primary N) is 1. The van der Waals surface area contributed by atoms with E-state index in [-0.39, 0.29) is 5.54 Å². The van der Waals surface area contributed by atoms with Crippen LogP contribution in [0.5, 0.6) is 0 Å². The predicted molar refractivity (Wildman–Crippen MR) is 74.7 cm³/mol. The molecule has 0 aliphatic heterocycles. The average molecular weight is 227 g/mol. The van der Waals surface area contributed by atoms with Crippen LogP contribution >= 0.6 is 0 Å². The summed E-state index contributed by atoms with van der Waals surface area (Å²) in [7, 11) is 0. The Kier molecular flexibility index (Phi) is 7.30. The van der Waals surface area contributed by atoms with Crippen molar-refractivity contribution in [2.75, 3.05) is 0 Å². The summed E-state index contributed by atoms with van der Waals surface area (Å²) in [5.41, 5.74) is 6.48. The Morgan fingerprint density at radius 1 is 0.812 bits per heavy atom. The Morgan fingerprint density at radius 3 is 1.81 bits per heavy atom. The highest BCUT2D eigenvalue weighted by Gasteiger charge is 2.24. The van der Waals surface area contributed by atoms with Crippen molar-refractivity contribution in [2.45, 2.75) is 91.5 Å². The molecular weight excluding hydrogens is 194 g/mol. The highest BCUT2D eigenvalue weighted by atomic mass is 14.7. The molecule has 0 aromatic rings. The first-order valence-electron chi connectivity index (χ1n) is 7.06. The molecule has 0 atom stereocenters. The Labute approximate surface area is 103 Å². The van der Waals surface area contributed by atoms with Gasteiger partial charge in [0.25, 0.3) is 0 Å². The molecule has 0 saturated heterocycles. The molecule has 1 nitrogen and oxygen atoms in total. The molecule has 0 saturated carbocycles. The fourth-order valence-corrected chi connectivity index (χ4v) is 2.71. The lowest BCUT2D eigenvalue weighted by Gasteiger charge is -2.32. The Bertz CT molecular complexity index is 165. The summed E-state index contributed by atoms with van der Waals surface area (Å²) in [6.07, 6.45) is 10.8. The molecule has 2 N–H and O–H groups in total. The van der Waals surface area contributed by atoms with Crippen LogP contribution in [0.3, 0.4) is 0 Å². The van der Waals surface area contributed by atoms with Gasteiger partial charge < -0.3 is 5.73 Å². The average Bonchev–Trinajstić information content (AvgIpc) is 2.06. The van der Waals surface area contributed by atoms with Gasteiger partial charge in [-0.15, -0.1) is 0 Å². The third kappa shape index (κ3) is 10.5. The first-order chi connectivity index (χ1) is 7.27. The van der Waals surface area contributed by atoms with Gasteiger partial charge in [0, 0.05) is 5.54 Å². The van der Waals surface area contributed by atoms with Gasteiger partial charge in [-0.1, -0.05) is 59.3 Å². The van der Waals surface area contributed by atoms with Gasteiger partial charge in [-0.3, -0.25) is 0 Å². The summed E-state index contributed by atoms with van der Waals surface area (Å²) in [6.45, 7) is 11.2. The quantitative estimate of drug-likeness (QED) is 0.558. The fourth-order valence-electron chi connectivity index (χ4n) is 2.71. The van der Waals surface area contributed by atoms with Crippen molar-refractivity contribution >= 4 is 0 Å². The highest BCUT2D eigenvalue weighted by molar-refractivity contribution is 4.81. The smallest absolute Gasteiger partial charge is 0.0102 e. The van der Waals surface area contributed by atoms with Crippen LogP contribution in [0.4, 0.5) is 0 Å². The molecule has 16 heavy (non-hydrogen) atoms. The van der Waals surface area contributed by atoms with E-state index in [1.165, 1.54) is 44.9 Å². The number of hydrogen-bond donors (Lipinski definition) is 1. The van der Waals surface area contributed by atoms with Crippen LogP contribution in [0, 0.1) is 5.41 Å². The van der Waals surface area contributed by atoms with Crippen LogP contribution in [0.2, 0.25) is 0 Å². The molecule has 0 fully saturated rings. The van der Waals surface area contributed by atoms with Crippen molar-refractivity contribution in [1.29, 1.82) is 0 Å². The van der Waals surface area contributed by atoms with Crippen molar-refractivity contribution in [3.8, 4) is 0 Å². The zero-order valence-corrected chi connectivity index (χ0v) is 12.2. The van der Waals surface area contributed by atoms with Gasteiger partial charge in [-0.05, 0) is 32.1 Å². The molecule has 0 unspecified atom stereocenters. The molecular formula is C15H33N. The van der Waals surface area contributed by atoms with E-state index in [1.54, 1.807) is 0 Å². The van der Waals surface area contributed by atoms with Gasteiger partial charge in [0.1, 0.15) is 0 Å². The summed E-state index contributed by atoms with van der Waals surface area (Å²) >= 11 is 0. The molecule has 0 aromatic heterocycles. The summed E-state index contributed by atoms with van der Waals surface area (Å²) < 4.78 is 0. The van der Waals surface area contributed by atoms with Crippen LogP contribution < -0.4 is 5.73 Å². The molecule has 0 spiro atoms. The molecule has 0 aliphatic carbocycles. The summed E-state index contributed by atoms with van der Waals surface area (Å²) in [4.78, 5) is 0.